The van der Waals surface area contributed by atoms with E-state index in [1.807, 2.05) is 0 Å². The SMILES string of the molecule is CN1C(=O)[C@H](O[C@H]2C(=O)N(C)C(=O)N2c2ccc(Cl)c(Cl)c2)N(c2ccc(Cl)c(Cl)c2)C1=O. The summed E-state index contributed by atoms with van der Waals surface area (Å²) in [6.45, 7) is 0. The fourth-order valence-electron chi connectivity index (χ4n) is 3.39. The summed E-state index contributed by atoms with van der Waals surface area (Å²) >= 11 is 24.1. The molecule has 2 aliphatic heterocycles. The molecule has 33 heavy (non-hydrogen) atoms. The maximum atomic E-state index is 12.9. The summed E-state index contributed by atoms with van der Waals surface area (Å²) in [4.78, 5) is 55.1. The molecule has 13 heteroatoms. The average Bonchev–Trinajstić information content (AvgIpc) is 3.12. The van der Waals surface area contributed by atoms with Crippen LogP contribution in [0.2, 0.25) is 20.1 Å². The lowest BCUT2D eigenvalue weighted by molar-refractivity contribution is -0.146. The van der Waals surface area contributed by atoms with Gasteiger partial charge in [0.15, 0.2) is 0 Å². The molecule has 0 bridgehead atoms. The van der Waals surface area contributed by atoms with Gasteiger partial charge in [-0.3, -0.25) is 29.2 Å². The predicted octanol–water partition coefficient (Wildman–Crippen LogP) is 4.47. The molecule has 2 aromatic rings. The molecule has 0 aliphatic carbocycles. The number of anilines is 2. The zero-order valence-electron chi connectivity index (χ0n) is 17.0. The van der Waals surface area contributed by atoms with Gasteiger partial charge in [-0.2, -0.15) is 0 Å². The highest BCUT2D eigenvalue weighted by atomic mass is 35.5. The third-order valence-corrected chi connectivity index (χ3v) is 6.64. The zero-order chi connectivity index (χ0) is 24.2. The molecule has 9 nitrogen and oxygen atoms in total. The molecule has 4 rings (SSSR count). The van der Waals surface area contributed by atoms with E-state index < -0.39 is 36.3 Å². The summed E-state index contributed by atoms with van der Waals surface area (Å²) in [6.07, 6.45) is -3.11. The summed E-state index contributed by atoms with van der Waals surface area (Å²) in [5.41, 5.74) is 0.423. The monoisotopic (exact) mass is 530 g/mol. The number of ether oxygens (including phenoxy) is 1. The molecule has 0 spiro atoms. The Morgan fingerprint density at radius 3 is 1.33 bits per heavy atom. The standard InChI is InChI=1S/C20H14Cl4N4O5/c1-25-15(29)17(27(19(25)31)9-3-5-11(21)13(23)7-9)33-18-16(30)26(2)20(32)28(18)10-4-6-12(22)14(24)8-10/h3-8,17-18H,1-2H3/t17-,18-/m0/s1. The maximum absolute atomic E-state index is 12.9. The predicted molar refractivity (Wildman–Crippen MR) is 123 cm³/mol. The number of benzene rings is 2. The molecule has 2 aromatic carbocycles. The van der Waals surface area contributed by atoms with E-state index in [0.717, 1.165) is 19.6 Å². The van der Waals surface area contributed by atoms with Crippen LogP contribution < -0.4 is 9.80 Å². The van der Waals surface area contributed by atoms with Crippen LogP contribution >= 0.6 is 46.4 Å². The van der Waals surface area contributed by atoms with Crippen LogP contribution in [-0.2, 0) is 14.3 Å². The van der Waals surface area contributed by atoms with Crippen molar-refractivity contribution in [2.45, 2.75) is 12.5 Å². The van der Waals surface area contributed by atoms with Gasteiger partial charge < -0.3 is 4.74 Å². The summed E-state index contributed by atoms with van der Waals surface area (Å²) in [5.74, 6) is -1.48. The quantitative estimate of drug-likeness (QED) is 0.543. The van der Waals surface area contributed by atoms with E-state index in [-0.39, 0.29) is 31.5 Å². The second-order valence-electron chi connectivity index (χ2n) is 7.14. The van der Waals surface area contributed by atoms with Gasteiger partial charge in [0.1, 0.15) is 0 Å². The third-order valence-electron chi connectivity index (χ3n) is 5.16. The first-order valence-corrected chi connectivity index (χ1v) is 10.8. The number of carbonyl (C=O) groups is 4. The Hall–Kier alpha value is -2.56. The minimum Gasteiger partial charge on any atom is -0.315 e. The molecule has 0 aromatic heterocycles. The Bertz CT molecular complexity index is 1120. The second-order valence-corrected chi connectivity index (χ2v) is 8.77. The van der Waals surface area contributed by atoms with Gasteiger partial charge in [0.2, 0.25) is 12.5 Å². The van der Waals surface area contributed by atoms with Crippen molar-refractivity contribution in [2.75, 3.05) is 23.9 Å². The minimum absolute atomic E-state index is 0.145. The van der Waals surface area contributed by atoms with Gasteiger partial charge >= 0.3 is 12.1 Å². The van der Waals surface area contributed by atoms with E-state index in [0.29, 0.717) is 0 Å². The molecule has 2 saturated heterocycles. The van der Waals surface area contributed by atoms with Gasteiger partial charge in [0.05, 0.1) is 31.5 Å². The van der Waals surface area contributed by atoms with Gasteiger partial charge in [-0.25, -0.2) is 9.59 Å². The molecule has 0 radical (unpaired) electrons. The van der Waals surface area contributed by atoms with Crippen LogP contribution in [0.3, 0.4) is 0 Å². The van der Waals surface area contributed by atoms with E-state index in [9.17, 15) is 19.2 Å². The number of amides is 6. The van der Waals surface area contributed by atoms with Crippen LogP contribution in [0.15, 0.2) is 36.4 Å². The van der Waals surface area contributed by atoms with E-state index in [1.54, 1.807) is 0 Å². The number of carbonyl (C=O) groups excluding carboxylic acids is 4. The lowest BCUT2D eigenvalue weighted by Gasteiger charge is -2.28. The van der Waals surface area contributed by atoms with Gasteiger partial charge in [0, 0.05) is 14.1 Å². The van der Waals surface area contributed by atoms with Crippen LogP contribution in [-0.4, -0.2) is 60.2 Å². The Morgan fingerprint density at radius 1 is 0.636 bits per heavy atom. The second kappa shape index (κ2) is 8.66. The lowest BCUT2D eigenvalue weighted by atomic mass is 10.3. The highest BCUT2D eigenvalue weighted by Gasteiger charge is 2.52. The van der Waals surface area contributed by atoms with E-state index >= 15 is 0 Å². The molecular weight excluding hydrogens is 518 g/mol. The number of hydrogen-bond acceptors (Lipinski definition) is 5. The summed E-state index contributed by atoms with van der Waals surface area (Å²) in [6, 6.07) is 7.19. The summed E-state index contributed by atoms with van der Waals surface area (Å²) in [7, 11) is 2.53. The Balaban J connectivity index is 1.74. The zero-order valence-corrected chi connectivity index (χ0v) is 20.0. The minimum atomic E-state index is -1.56. The smallest absolute Gasteiger partial charge is 0.315 e. The van der Waals surface area contributed by atoms with Crippen molar-refractivity contribution in [1.29, 1.82) is 0 Å². The number of halogens is 4. The number of hydrogen-bond donors (Lipinski definition) is 0. The van der Waals surface area contributed by atoms with Crippen LogP contribution in [0, 0.1) is 0 Å². The number of likely N-dealkylation sites (N-methyl/N-ethyl adjacent to an activating group) is 2. The van der Waals surface area contributed by atoms with Crippen molar-refractivity contribution in [1.82, 2.24) is 9.80 Å². The van der Waals surface area contributed by atoms with Crippen molar-refractivity contribution in [3.05, 3.63) is 56.5 Å². The average molecular weight is 532 g/mol. The number of rotatable bonds is 4. The van der Waals surface area contributed by atoms with Crippen LogP contribution in [0.4, 0.5) is 21.0 Å². The third kappa shape index (κ3) is 3.89. The normalized spacial score (nSPS) is 21.2. The van der Waals surface area contributed by atoms with Gasteiger partial charge in [-0.1, -0.05) is 46.4 Å². The molecular formula is C20H14Cl4N4O5. The number of urea groups is 2. The first-order chi connectivity index (χ1) is 15.5. The van der Waals surface area contributed by atoms with Crippen LogP contribution in [0.5, 0.6) is 0 Å². The number of nitrogens with zero attached hydrogens (tertiary/aromatic N) is 4. The van der Waals surface area contributed by atoms with Crippen LogP contribution in [0.25, 0.3) is 0 Å². The van der Waals surface area contributed by atoms with Crippen LogP contribution in [0.1, 0.15) is 0 Å². The highest BCUT2D eigenvalue weighted by molar-refractivity contribution is 6.42. The fourth-order valence-corrected chi connectivity index (χ4v) is 3.97. The van der Waals surface area contributed by atoms with Gasteiger partial charge in [0.25, 0.3) is 11.8 Å². The molecule has 0 saturated carbocycles. The summed E-state index contributed by atoms with van der Waals surface area (Å²) < 4.78 is 5.83. The summed E-state index contributed by atoms with van der Waals surface area (Å²) in [5, 5.41) is 0.778. The molecule has 2 atom stereocenters. The van der Waals surface area contributed by atoms with Gasteiger partial charge in [-0.05, 0) is 36.4 Å². The Morgan fingerprint density at radius 2 is 1.00 bits per heavy atom. The Kier molecular flexibility index (Phi) is 6.19. The molecule has 2 aliphatic rings. The molecule has 2 heterocycles. The number of imide groups is 2. The first kappa shape index (κ1) is 23.6. The van der Waals surface area contributed by atoms with Crippen molar-refractivity contribution in [3.8, 4) is 0 Å². The van der Waals surface area contributed by atoms with E-state index in [4.69, 9.17) is 51.1 Å². The highest BCUT2D eigenvalue weighted by Crippen LogP contribution is 2.35. The van der Waals surface area contributed by atoms with Gasteiger partial charge in [-0.15, -0.1) is 0 Å². The fraction of sp³-hybridized carbons (Fsp3) is 0.200. The van der Waals surface area contributed by atoms with Crippen molar-refractivity contribution in [2.24, 2.45) is 0 Å². The van der Waals surface area contributed by atoms with Crippen molar-refractivity contribution < 1.29 is 23.9 Å². The van der Waals surface area contributed by atoms with Crippen molar-refractivity contribution >= 4 is 81.7 Å². The topological polar surface area (TPSA) is 90.5 Å². The lowest BCUT2D eigenvalue weighted by Crippen LogP contribution is -2.46. The largest absolute Gasteiger partial charge is 0.333 e. The molecule has 0 N–H and O–H groups in total. The Labute approximate surface area is 207 Å². The maximum Gasteiger partial charge on any atom is 0.333 e. The first-order valence-electron chi connectivity index (χ1n) is 9.30. The molecule has 172 valence electrons. The molecule has 6 amide bonds. The van der Waals surface area contributed by atoms with E-state index in [1.165, 1.54) is 50.5 Å². The van der Waals surface area contributed by atoms with E-state index in [2.05, 4.69) is 0 Å². The molecule has 0 unspecified atom stereocenters. The molecule has 2 fully saturated rings. The van der Waals surface area contributed by atoms with Crippen molar-refractivity contribution in [3.63, 3.8) is 0 Å².